The number of rotatable bonds is 1. The van der Waals surface area contributed by atoms with Crippen LogP contribution in [0.1, 0.15) is 44.0 Å². The van der Waals surface area contributed by atoms with Crippen molar-refractivity contribution >= 4 is 24.0 Å². The number of halogens is 1. The SMILES string of the molecule is CC12CCC(CN(C(=O)c3ccc(N)cc3)C1)C2(C)C.Cl.O. The largest absolute Gasteiger partial charge is 0.412 e. The molecule has 5 heteroatoms. The zero-order chi connectivity index (χ0) is 14.5. The van der Waals surface area contributed by atoms with Crippen molar-refractivity contribution in [3.63, 3.8) is 0 Å². The zero-order valence-corrected chi connectivity index (χ0v) is 14.4. The van der Waals surface area contributed by atoms with Crippen molar-refractivity contribution in [1.29, 1.82) is 0 Å². The summed E-state index contributed by atoms with van der Waals surface area (Å²) in [7, 11) is 0. The maximum Gasteiger partial charge on any atom is 0.253 e. The molecular weight excluding hydrogens is 300 g/mol. The Morgan fingerprint density at radius 3 is 2.36 bits per heavy atom. The number of nitrogens with two attached hydrogens (primary N) is 1. The van der Waals surface area contributed by atoms with Gasteiger partial charge in [-0.2, -0.15) is 0 Å². The monoisotopic (exact) mass is 326 g/mol. The second kappa shape index (κ2) is 6.09. The van der Waals surface area contributed by atoms with Crippen LogP contribution in [-0.4, -0.2) is 29.4 Å². The highest BCUT2D eigenvalue weighted by Gasteiger charge is 2.56. The summed E-state index contributed by atoms with van der Waals surface area (Å²) < 4.78 is 0. The van der Waals surface area contributed by atoms with Gasteiger partial charge in [-0.1, -0.05) is 20.8 Å². The minimum Gasteiger partial charge on any atom is -0.412 e. The van der Waals surface area contributed by atoms with Crippen LogP contribution in [-0.2, 0) is 0 Å². The quantitative estimate of drug-likeness (QED) is 0.805. The van der Waals surface area contributed by atoms with E-state index in [1.165, 1.54) is 12.8 Å². The van der Waals surface area contributed by atoms with E-state index in [0.29, 0.717) is 17.0 Å². The molecule has 4 N–H and O–H groups in total. The fourth-order valence-corrected chi connectivity index (χ4v) is 3.99. The first kappa shape index (κ1) is 18.8. The molecule has 2 bridgehead atoms. The fraction of sp³-hybridized carbons (Fsp3) is 0.588. The summed E-state index contributed by atoms with van der Waals surface area (Å²) in [6.07, 6.45) is 2.48. The first-order valence-corrected chi connectivity index (χ1v) is 7.48. The van der Waals surface area contributed by atoms with Gasteiger partial charge in [-0.3, -0.25) is 4.79 Å². The lowest BCUT2D eigenvalue weighted by Crippen LogP contribution is -2.53. The van der Waals surface area contributed by atoms with E-state index >= 15 is 0 Å². The number of benzene rings is 1. The highest BCUT2D eigenvalue weighted by molar-refractivity contribution is 5.94. The van der Waals surface area contributed by atoms with E-state index in [1.54, 1.807) is 12.1 Å². The van der Waals surface area contributed by atoms with E-state index in [9.17, 15) is 4.79 Å². The lowest BCUT2D eigenvalue weighted by molar-refractivity contribution is -0.0107. The van der Waals surface area contributed by atoms with Gasteiger partial charge in [0.1, 0.15) is 0 Å². The molecule has 4 nitrogen and oxygen atoms in total. The highest BCUT2D eigenvalue weighted by Crippen LogP contribution is 2.59. The Morgan fingerprint density at radius 1 is 1.23 bits per heavy atom. The first-order chi connectivity index (χ1) is 9.33. The standard InChI is InChI=1S/C17H24N2O.ClH.H2O/c1-16(2)13-8-9-17(16,3)11-19(10-13)15(20)12-4-6-14(18)7-5-12;;/h4-7,13H,8-11,18H2,1-3H3;1H;1H2. The van der Waals surface area contributed by atoms with Crippen LogP contribution < -0.4 is 5.73 Å². The van der Waals surface area contributed by atoms with Crippen molar-refractivity contribution in [1.82, 2.24) is 4.90 Å². The maximum absolute atomic E-state index is 12.7. The Kier molecular flexibility index (Phi) is 5.20. The average molecular weight is 327 g/mol. The van der Waals surface area contributed by atoms with Gasteiger partial charge in [-0.25, -0.2) is 0 Å². The van der Waals surface area contributed by atoms with Crippen LogP contribution in [0.4, 0.5) is 5.69 Å². The minimum atomic E-state index is 0. The van der Waals surface area contributed by atoms with Crippen LogP contribution in [0.2, 0.25) is 0 Å². The molecule has 2 aliphatic rings. The van der Waals surface area contributed by atoms with E-state index in [1.807, 2.05) is 12.1 Å². The zero-order valence-electron chi connectivity index (χ0n) is 13.6. The second-order valence-corrected chi connectivity index (χ2v) is 7.33. The number of piperidine rings is 1. The number of likely N-dealkylation sites (tertiary alicyclic amines) is 1. The van der Waals surface area contributed by atoms with Crippen LogP contribution in [0.25, 0.3) is 0 Å². The molecule has 1 aliphatic heterocycles. The summed E-state index contributed by atoms with van der Waals surface area (Å²) in [4.78, 5) is 14.7. The Balaban J connectivity index is 0.00000121. The average Bonchev–Trinajstić information content (AvgIpc) is 2.56. The Bertz CT molecular complexity index is 544. The van der Waals surface area contributed by atoms with Crippen LogP contribution in [0, 0.1) is 16.7 Å². The lowest BCUT2D eigenvalue weighted by Gasteiger charge is -2.50. The van der Waals surface area contributed by atoms with Crippen LogP contribution in [0.15, 0.2) is 24.3 Å². The number of carbonyl (C=O) groups is 1. The first-order valence-electron chi connectivity index (χ1n) is 7.48. The molecule has 2 fully saturated rings. The Labute approximate surface area is 138 Å². The Morgan fingerprint density at radius 2 is 1.82 bits per heavy atom. The van der Waals surface area contributed by atoms with Gasteiger partial charge in [0.25, 0.3) is 5.91 Å². The van der Waals surface area contributed by atoms with Crippen molar-refractivity contribution in [2.75, 3.05) is 18.8 Å². The molecular formula is C17H27ClN2O2. The van der Waals surface area contributed by atoms with Crippen molar-refractivity contribution in [3.8, 4) is 0 Å². The summed E-state index contributed by atoms with van der Waals surface area (Å²) in [5.74, 6) is 0.776. The number of hydrogen-bond acceptors (Lipinski definition) is 2. The Hall–Kier alpha value is -1.26. The van der Waals surface area contributed by atoms with Gasteiger partial charge < -0.3 is 16.1 Å². The predicted octanol–water partition coefficient (Wildman–Crippen LogP) is 2.76. The summed E-state index contributed by atoms with van der Waals surface area (Å²) in [6.45, 7) is 8.85. The molecule has 1 heterocycles. The van der Waals surface area contributed by atoms with Gasteiger partial charge in [0, 0.05) is 24.3 Å². The van der Waals surface area contributed by atoms with Crippen LogP contribution >= 0.6 is 12.4 Å². The summed E-state index contributed by atoms with van der Waals surface area (Å²) in [5, 5.41) is 0. The molecule has 22 heavy (non-hydrogen) atoms. The van der Waals surface area contributed by atoms with Gasteiger partial charge in [0.05, 0.1) is 0 Å². The number of fused-ring (bicyclic) bond motifs is 2. The smallest absolute Gasteiger partial charge is 0.253 e. The third-order valence-corrected chi connectivity index (χ3v) is 6.05. The number of nitrogen functional groups attached to an aromatic ring is 1. The van der Waals surface area contributed by atoms with Gasteiger partial charge in [-0.05, 0) is 53.9 Å². The number of amides is 1. The van der Waals surface area contributed by atoms with Crippen molar-refractivity contribution < 1.29 is 10.3 Å². The van der Waals surface area contributed by atoms with Crippen molar-refractivity contribution in [3.05, 3.63) is 29.8 Å². The maximum atomic E-state index is 12.7. The second-order valence-electron chi connectivity index (χ2n) is 7.33. The molecule has 0 aromatic heterocycles. The van der Waals surface area contributed by atoms with Crippen molar-refractivity contribution in [2.24, 2.45) is 16.7 Å². The molecule has 0 radical (unpaired) electrons. The van der Waals surface area contributed by atoms with E-state index in [4.69, 9.17) is 5.73 Å². The number of hydrogen-bond donors (Lipinski definition) is 1. The molecule has 3 rings (SSSR count). The summed E-state index contributed by atoms with van der Waals surface area (Å²) in [6, 6.07) is 7.28. The summed E-state index contributed by atoms with van der Waals surface area (Å²) >= 11 is 0. The molecule has 2 unspecified atom stereocenters. The molecule has 1 amide bonds. The summed E-state index contributed by atoms with van der Waals surface area (Å²) in [5.41, 5.74) is 7.73. The number of nitrogens with zero attached hydrogens (tertiary/aromatic N) is 1. The van der Waals surface area contributed by atoms with E-state index in [2.05, 4.69) is 25.7 Å². The molecule has 1 saturated heterocycles. The third kappa shape index (κ3) is 2.70. The molecule has 0 spiro atoms. The van der Waals surface area contributed by atoms with Crippen LogP contribution in [0.3, 0.4) is 0 Å². The van der Waals surface area contributed by atoms with Gasteiger partial charge >= 0.3 is 0 Å². The normalized spacial score (nSPS) is 28.5. The van der Waals surface area contributed by atoms with Gasteiger partial charge in [0.2, 0.25) is 0 Å². The molecule has 1 aliphatic carbocycles. The number of carbonyl (C=O) groups excluding carboxylic acids is 1. The van der Waals surface area contributed by atoms with E-state index < -0.39 is 0 Å². The minimum absolute atomic E-state index is 0. The molecule has 1 aromatic rings. The topological polar surface area (TPSA) is 77.8 Å². The van der Waals surface area contributed by atoms with Crippen molar-refractivity contribution in [2.45, 2.75) is 33.6 Å². The fourth-order valence-electron chi connectivity index (χ4n) is 3.99. The third-order valence-electron chi connectivity index (χ3n) is 6.05. The number of anilines is 1. The van der Waals surface area contributed by atoms with E-state index in [-0.39, 0.29) is 29.2 Å². The van der Waals surface area contributed by atoms with Gasteiger partial charge in [-0.15, -0.1) is 12.4 Å². The molecule has 2 atom stereocenters. The van der Waals surface area contributed by atoms with E-state index in [0.717, 1.165) is 18.7 Å². The molecule has 124 valence electrons. The highest BCUT2D eigenvalue weighted by atomic mass is 35.5. The lowest BCUT2D eigenvalue weighted by atomic mass is 9.63. The molecule has 1 aromatic carbocycles. The molecule has 1 saturated carbocycles. The predicted molar refractivity (Wildman–Crippen MR) is 92.2 cm³/mol. The van der Waals surface area contributed by atoms with Gasteiger partial charge in [0.15, 0.2) is 0 Å². The van der Waals surface area contributed by atoms with Crippen LogP contribution in [0.5, 0.6) is 0 Å².